The molecule has 0 aromatic heterocycles. The van der Waals surface area contributed by atoms with Crippen LogP contribution in [0.25, 0.3) is 0 Å². The standard InChI is InChI=1S/C14H17F2NO3/c1-8(17-6-2-3-12(17)14(19)20)13(18)10-7-9(15)4-5-11(10)16/h4-5,7-8,12-13,18H,2-3,6H2,1H3,(H,19,20). The molecule has 0 amide bonds. The van der Waals surface area contributed by atoms with Gasteiger partial charge in [-0.05, 0) is 44.5 Å². The van der Waals surface area contributed by atoms with Crippen LogP contribution in [0.5, 0.6) is 0 Å². The van der Waals surface area contributed by atoms with Gasteiger partial charge in [0.25, 0.3) is 0 Å². The second-order valence-electron chi connectivity index (χ2n) is 5.09. The van der Waals surface area contributed by atoms with E-state index < -0.39 is 35.8 Å². The van der Waals surface area contributed by atoms with Crippen molar-refractivity contribution in [2.75, 3.05) is 6.54 Å². The monoisotopic (exact) mass is 285 g/mol. The van der Waals surface area contributed by atoms with Crippen molar-refractivity contribution >= 4 is 5.97 Å². The van der Waals surface area contributed by atoms with Gasteiger partial charge < -0.3 is 10.2 Å². The number of hydrogen-bond donors (Lipinski definition) is 2. The maximum atomic E-state index is 13.7. The zero-order chi connectivity index (χ0) is 14.9. The lowest BCUT2D eigenvalue weighted by atomic mass is 10.0. The van der Waals surface area contributed by atoms with Crippen LogP contribution in [0, 0.1) is 11.6 Å². The molecule has 4 nitrogen and oxygen atoms in total. The highest BCUT2D eigenvalue weighted by Crippen LogP contribution is 2.29. The summed E-state index contributed by atoms with van der Waals surface area (Å²) in [7, 11) is 0. The van der Waals surface area contributed by atoms with Crippen LogP contribution in [0.4, 0.5) is 8.78 Å². The number of aliphatic hydroxyl groups excluding tert-OH is 1. The first kappa shape index (κ1) is 14.9. The van der Waals surface area contributed by atoms with Crippen molar-refractivity contribution in [3.63, 3.8) is 0 Å². The Morgan fingerprint density at radius 1 is 1.45 bits per heavy atom. The van der Waals surface area contributed by atoms with Gasteiger partial charge in [0.05, 0.1) is 6.10 Å². The smallest absolute Gasteiger partial charge is 0.320 e. The average Bonchev–Trinajstić information content (AvgIpc) is 2.89. The summed E-state index contributed by atoms with van der Waals surface area (Å²) in [5.41, 5.74) is -0.145. The van der Waals surface area contributed by atoms with E-state index in [1.165, 1.54) is 0 Å². The van der Waals surface area contributed by atoms with Crippen LogP contribution in [-0.2, 0) is 4.79 Å². The lowest BCUT2D eigenvalue weighted by Crippen LogP contribution is -2.44. The maximum Gasteiger partial charge on any atom is 0.320 e. The van der Waals surface area contributed by atoms with E-state index in [0.717, 1.165) is 18.2 Å². The van der Waals surface area contributed by atoms with Crippen LogP contribution >= 0.6 is 0 Å². The number of likely N-dealkylation sites (tertiary alicyclic amines) is 1. The Labute approximate surface area is 115 Å². The topological polar surface area (TPSA) is 60.8 Å². The van der Waals surface area contributed by atoms with Crippen LogP contribution in [0.3, 0.4) is 0 Å². The Bertz CT molecular complexity index is 509. The van der Waals surface area contributed by atoms with E-state index in [1.807, 2.05) is 0 Å². The summed E-state index contributed by atoms with van der Waals surface area (Å²) in [5.74, 6) is -2.29. The van der Waals surface area contributed by atoms with E-state index in [2.05, 4.69) is 0 Å². The summed E-state index contributed by atoms with van der Waals surface area (Å²) in [6.07, 6.45) is -0.0665. The zero-order valence-electron chi connectivity index (χ0n) is 11.1. The van der Waals surface area contributed by atoms with Gasteiger partial charge in [-0.1, -0.05) is 0 Å². The van der Waals surface area contributed by atoms with Crippen molar-refractivity contribution < 1.29 is 23.8 Å². The zero-order valence-corrected chi connectivity index (χ0v) is 11.1. The van der Waals surface area contributed by atoms with Crippen molar-refractivity contribution in [2.24, 2.45) is 0 Å². The highest BCUT2D eigenvalue weighted by molar-refractivity contribution is 5.73. The van der Waals surface area contributed by atoms with Crippen molar-refractivity contribution in [2.45, 2.75) is 38.0 Å². The van der Waals surface area contributed by atoms with Crippen LogP contribution in [0.15, 0.2) is 18.2 Å². The number of carbonyl (C=O) groups is 1. The summed E-state index contributed by atoms with van der Waals surface area (Å²) >= 11 is 0. The molecule has 1 heterocycles. The third-order valence-corrected chi connectivity index (χ3v) is 3.84. The van der Waals surface area contributed by atoms with Gasteiger partial charge in [-0.25, -0.2) is 8.78 Å². The van der Waals surface area contributed by atoms with Gasteiger partial charge in [0.1, 0.15) is 17.7 Å². The van der Waals surface area contributed by atoms with E-state index in [-0.39, 0.29) is 5.56 Å². The molecule has 1 fully saturated rings. The number of benzene rings is 1. The number of aliphatic hydroxyl groups is 1. The molecule has 1 aliphatic rings. The Kier molecular flexibility index (Phi) is 4.35. The molecule has 0 aliphatic carbocycles. The molecule has 1 saturated heterocycles. The van der Waals surface area contributed by atoms with Gasteiger partial charge >= 0.3 is 5.97 Å². The summed E-state index contributed by atoms with van der Waals surface area (Å²) in [5, 5.41) is 19.3. The molecule has 0 radical (unpaired) electrons. The minimum Gasteiger partial charge on any atom is -0.480 e. The first-order chi connectivity index (χ1) is 9.41. The van der Waals surface area contributed by atoms with Crippen molar-refractivity contribution in [3.05, 3.63) is 35.4 Å². The molecule has 2 rings (SSSR count). The van der Waals surface area contributed by atoms with E-state index >= 15 is 0 Å². The van der Waals surface area contributed by atoms with Crippen LogP contribution < -0.4 is 0 Å². The lowest BCUT2D eigenvalue weighted by molar-refractivity contribution is -0.143. The molecular formula is C14H17F2NO3. The molecule has 110 valence electrons. The molecule has 3 atom stereocenters. The quantitative estimate of drug-likeness (QED) is 0.887. The SMILES string of the molecule is CC(C(O)c1cc(F)ccc1F)N1CCCC1C(=O)O. The first-order valence-corrected chi connectivity index (χ1v) is 6.53. The van der Waals surface area contributed by atoms with Gasteiger partial charge in [-0.15, -0.1) is 0 Å². The van der Waals surface area contributed by atoms with Gasteiger partial charge in [0.2, 0.25) is 0 Å². The number of halogens is 2. The fourth-order valence-corrected chi connectivity index (χ4v) is 2.72. The number of hydrogen-bond acceptors (Lipinski definition) is 3. The Morgan fingerprint density at radius 2 is 2.15 bits per heavy atom. The minimum absolute atomic E-state index is 0.145. The first-order valence-electron chi connectivity index (χ1n) is 6.53. The van der Waals surface area contributed by atoms with Crippen molar-refractivity contribution in [1.29, 1.82) is 0 Å². The molecule has 0 bridgehead atoms. The molecule has 1 aromatic rings. The summed E-state index contributed by atoms with van der Waals surface area (Å²) in [6.45, 7) is 2.14. The van der Waals surface area contributed by atoms with E-state index in [0.29, 0.717) is 19.4 Å². The summed E-state index contributed by atoms with van der Waals surface area (Å²) < 4.78 is 26.8. The van der Waals surface area contributed by atoms with Crippen LogP contribution in [0.1, 0.15) is 31.4 Å². The number of rotatable bonds is 4. The molecule has 6 heteroatoms. The minimum atomic E-state index is -1.27. The van der Waals surface area contributed by atoms with E-state index in [1.54, 1.807) is 11.8 Å². The van der Waals surface area contributed by atoms with Crippen LogP contribution in [-0.4, -0.2) is 39.7 Å². The molecular weight excluding hydrogens is 268 g/mol. The Morgan fingerprint density at radius 3 is 2.80 bits per heavy atom. The number of carboxylic acid groups (broad SMARTS) is 1. The fraction of sp³-hybridized carbons (Fsp3) is 0.500. The average molecular weight is 285 g/mol. The Balaban J connectivity index is 2.21. The van der Waals surface area contributed by atoms with Gasteiger partial charge in [0.15, 0.2) is 0 Å². The molecule has 20 heavy (non-hydrogen) atoms. The van der Waals surface area contributed by atoms with Gasteiger partial charge in [-0.2, -0.15) is 0 Å². The summed E-state index contributed by atoms with van der Waals surface area (Å²) in [6, 6.07) is 1.60. The number of nitrogens with zero attached hydrogens (tertiary/aromatic N) is 1. The predicted octanol–water partition coefficient (Wildman–Crippen LogP) is 1.94. The fourth-order valence-electron chi connectivity index (χ4n) is 2.72. The number of aliphatic carboxylic acids is 1. The third kappa shape index (κ3) is 2.81. The normalized spacial score (nSPS) is 22.7. The van der Waals surface area contributed by atoms with E-state index in [9.17, 15) is 18.7 Å². The van der Waals surface area contributed by atoms with E-state index in [4.69, 9.17) is 5.11 Å². The maximum absolute atomic E-state index is 13.7. The largest absolute Gasteiger partial charge is 0.480 e. The second kappa shape index (κ2) is 5.85. The van der Waals surface area contributed by atoms with Crippen molar-refractivity contribution in [1.82, 2.24) is 4.90 Å². The molecule has 2 N–H and O–H groups in total. The summed E-state index contributed by atoms with van der Waals surface area (Å²) in [4.78, 5) is 12.8. The molecule has 0 saturated carbocycles. The highest BCUT2D eigenvalue weighted by atomic mass is 19.1. The van der Waals surface area contributed by atoms with Crippen LogP contribution in [0.2, 0.25) is 0 Å². The molecule has 1 aliphatic heterocycles. The predicted molar refractivity (Wildman–Crippen MR) is 68.1 cm³/mol. The van der Waals surface area contributed by atoms with Gasteiger partial charge in [0, 0.05) is 11.6 Å². The molecule has 1 aromatic carbocycles. The third-order valence-electron chi connectivity index (χ3n) is 3.84. The Hall–Kier alpha value is -1.53. The highest BCUT2D eigenvalue weighted by Gasteiger charge is 2.37. The van der Waals surface area contributed by atoms with Gasteiger partial charge in [-0.3, -0.25) is 9.69 Å². The number of carboxylic acids is 1. The molecule has 3 unspecified atom stereocenters. The lowest BCUT2D eigenvalue weighted by Gasteiger charge is -2.32. The van der Waals surface area contributed by atoms with Crippen molar-refractivity contribution in [3.8, 4) is 0 Å². The molecule has 0 spiro atoms. The second-order valence-corrected chi connectivity index (χ2v) is 5.09.